The number of fused-ring (bicyclic) bond motifs is 1. The van der Waals surface area contributed by atoms with Gasteiger partial charge in [-0.15, -0.1) is 0 Å². The summed E-state index contributed by atoms with van der Waals surface area (Å²) < 4.78 is 10.7. The number of carbonyl (C=O) groups is 3. The van der Waals surface area contributed by atoms with Gasteiger partial charge >= 0.3 is 5.97 Å². The normalized spacial score (nSPS) is 12.9. The number of imide groups is 1. The minimum atomic E-state index is -0.549. The zero-order chi connectivity index (χ0) is 19.6. The monoisotopic (exact) mass is 367 g/mol. The first-order valence-corrected chi connectivity index (χ1v) is 8.70. The summed E-state index contributed by atoms with van der Waals surface area (Å²) in [5.41, 5.74) is 3.76. The summed E-state index contributed by atoms with van der Waals surface area (Å²) in [4.78, 5) is 37.5. The Morgan fingerprint density at radius 1 is 0.926 bits per heavy atom. The highest BCUT2D eigenvalue weighted by Gasteiger charge is 2.34. The van der Waals surface area contributed by atoms with Crippen molar-refractivity contribution in [3.8, 4) is 5.75 Å². The van der Waals surface area contributed by atoms with Crippen LogP contribution in [0.3, 0.4) is 0 Å². The number of rotatable bonds is 6. The number of esters is 1. The van der Waals surface area contributed by atoms with Crippen LogP contribution in [0.25, 0.3) is 0 Å². The zero-order valence-corrected chi connectivity index (χ0v) is 15.6. The minimum absolute atomic E-state index is 0.0145. The van der Waals surface area contributed by atoms with E-state index in [9.17, 15) is 14.4 Å². The van der Waals surface area contributed by atoms with E-state index >= 15 is 0 Å². The third-order valence-corrected chi connectivity index (χ3v) is 4.66. The van der Waals surface area contributed by atoms with E-state index in [1.165, 1.54) is 0 Å². The lowest BCUT2D eigenvalue weighted by Crippen LogP contribution is -2.34. The maximum atomic E-state index is 12.2. The Morgan fingerprint density at radius 3 is 2.15 bits per heavy atom. The van der Waals surface area contributed by atoms with Crippen molar-refractivity contribution in [3.05, 3.63) is 64.2 Å². The van der Waals surface area contributed by atoms with Crippen LogP contribution in [0.15, 0.2) is 36.4 Å². The standard InChI is InChI=1S/C21H21NO5/c1-13-8-9-14(2)19(15(13)3)27-12-18(23)26-11-10-22-20(24)16-6-4-5-7-17(16)21(22)25/h4-9H,10-12H2,1-3H3. The summed E-state index contributed by atoms with van der Waals surface area (Å²) in [6, 6.07) is 10.6. The number of benzene rings is 2. The van der Waals surface area contributed by atoms with Gasteiger partial charge in [-0.25, -0.2) is 4.79 Å². The molecular formula is C21H21NO5. The van der Waals surface area contributed by atoms with Gasteiger partial charge < -0.3 is 9.47 Å². The van der Waals surface area contributed by atoms with E-state index < -0.39 is 5.97 Å². The van der Waals surface area contributed by atoms with Crippen molar-refractivity contribution in [1.29, 1.82) is 0 Å². The molecule has 2 amide bonds. The van der Waals surface area contributed by atoms with E-state index in [1.54, 1.807) is 24.3 Å². The topological polar surface area (TPSA) is 72.9 Å². The fourth-order valence-corrected chi connectivity index (χ4v) is 3.01. The number of amides is 2. The first-order chi connectivity index (χ1) is 12.9. The molecule has 0 fully saturated rings. The van der Waals surface area contributed by atoms with Gasteiger partial charge in [-0.1, -0.05) is 24.3 Å². The highest BCUT2D eigenvalue weighted by molar-refractivity contribution is 6.21. The van der Waals surface area contributed by atoms with E-state index in [0.29, 0.717) is 16.9 Å². The summed E-state index contributed by atoms with van der Waals surface area (Å²) in [6.45, 7) is 5.54. The molecule has 0 aromatic heterocycles. The molecule has 2 aromatic carbocycles. The molecule has 0 unspecified atom stereocenters. The number of nitrogens with zero attached hydrogens (tertiary/aromatic N) is 1. The van der Waals surface area contributed by atoms with Crippen molar-refractivity contribution in [3.63, 3.8) is 0 Å². The van der Waals surface area contributed by atoms with Crippen LogP contribution in [0.1, 0.15) is 37.4 Å². The van der Waals surface area contributed by atoms with Crippen LogP contribution in [-0.4, -0.2) is 42.4 Å². The minimum Gasteiger partial charge on any atom is -0.481 e. The molecule has 0 radical (unpaired) electrons. The Labute approximate surface area is 157 Å². The summed E-state index contributed by atoms with van der Waals surface area (Å²) >= 11 is 0. The molecule has 0 saturated heterocycles. The van der Waals surface area contributed by atoms with Gasteiger partial charge in [-0.05, 0) is 49.6 Å². The van der Waals surface area contributed by atoms with Crippen LogP contribution < -0.4 is 4.74 Å². The zero-order valence-electron chi connectivity index (χ0n) is 15.6. The molecule has 0 spiro atoms. The SMILES string of the molecule is Cc1ccc(C)c(OCC(=O)OCCN2C(=O)c3ccccc3C2=O)c1C. The summed E-state index contributed by atoms with van der Waals surface area (Å²) in [6.07, 6.45) is 0. The third kappa shape index (κ3) is 3.69. The van der Waals surface area contributed by atoms with E-state index in [2.05, 4.69) is 0 Å². The summed E-state index contributed by atoms with van der Waals surface area (Å²) in [5.74, 6) is -0.609. The van der Waals surface area contributed by atoms with Crippen LogP contribution in [0.2, 0.25) is 0 Å². The van der Waals surface area contributed by atoms with Gasteiger partial charge in [0.25, 0.3) is 11.8 Å². The average molecular weight is 367 g/mol. The predicted molar refractivity (Wildman–Crippen MR) is 98.9 cm³/mol. The number of hydrogen-bond acceptors (Lipinski definition) is 5. The van der Waals surface area contributed by atoms with Crippen molar-refractivity contribution in [2.24, 2.45) is 0 Å². The van der Waals surface area contributed by atoms with Gasteiger partial charge in [0.15, 0.2) is 6.61 Å². The van der Waals surface area contributed by atoms with Crippen LogP contribution >= 0.6 is 0 Å². The Hall–Kier alpha value is -3.15. The lowest BCUT2D eigenvalue weighted by molar-refractivity contribution is -0.146. The summed E-state index contributed by atoms with van der Waals surface area (Å²) in [5, 5.41) is 0. The summed E-state index contributed by atoms with van der Waals surface area (Å²) in [7, 11) is 0. The first-order valence-electron chi connectivity index (χ1n) is 8.70. The van der Waals surface area contributed by atoms with Gasteiger partial charge in [0.2, 0.25) is 0 Å². The largest absolute Gasteiger partial charge is 0.481 e. The van der Waals surface area contributed by atoms with Crippen molar-refractivity contribution in [1.82, 2.24) is 4.90 Å². The lowest BCUT2D eigenvalue weighted by Gasteiger charge is -2.15. The third-order valence-electron chi connectivity index (χ3n) is 4.66. The van der Waals surface area contributed by atoms with Crippen molar-refractivity contribution in [2.75, 3.05) is 19.8 Å². The second-order valence-corrected chi connectivity index (χ2v) is 6.47. The molecular weight excluding hydrogens is 346 g/mol. The molecule has 6 nitrogen and oxygen atoms in total. The highest BCUT2D eigenvalue weighted by atomic mass is 16.6. The maximum absolute atomic E-state index is 12.2. The quantitative estimate of drug-likeness (QED) is 0.580. The molecule has 0 N–H and O–H groups in total. The Balaban J connectivity index is 1.51. The number of carbonyl (C=O) groups excluding carboxylic acids is 3. The van der Waals surface area contributed by atoms with Gasteiger partial charge in [0.05, 0.1) is 17.7 Å². The van der Waals surface area contributed by atoms with Crippen molar-refractivity contribution < 1.29 is 23.9 Å². The van der Waals surface area contributed by atoms with Crippen LogP contribution in [-0.2, 0) is 9.53 Å². The number of hydrogen-bond donors (Lipinski definition) is 0. The van der Waals surface area contributed by atoms with E-state index in [4.69, 9.17) is 9.47 Å². The van der Waals surface area contributed by atoms with Crippen molar-refractivity contribution >= 4 is 17.8 Å². The lowest BCUT2D eigenvalue weighted by atomic mass is 10.1. The molecule has 27 heavy (non-hydrogen) atoms. The van der Waals surface area contributed by atoms with Crippen LogP contribution in [0.4, 0.5) is 0 Å². The predicted octanol–water partition coefficient (Wildman–Crippen LogP) is 2.83. The molecule has 3 rings (SSSR count). The molecule has 1 heterocycles. The fourth-order valence-electron chi connectivity index (χ4n) is 3.01. The maximum Gasteiger partial charge on any atom is 0.344 e. The molecule has 6 heteroatoms. The van der Waals surface area contributed by atoms with Gasteiger partial charge in [-0.2, -0.15) is 0 Å². The molecule has 140 valence electrons. The van der Waals surface area contributed by atoms with Gasteiger partial charge in [-0.3, -0.25) is 14.5 Å². The second-order valence-electron chi connectivity index (χ2n) is 6.47. The van der Waals surface area contributed by atoms with E-state index in [-0.39, 0.29) is 31.6 Å². The first kappa shape index (κ1) is 18.6. The second kappa shape index (κ2) is 7.61. The molecule has 2 aromatic rings. The molecule has 1 aliphatic rings. The average Bonchev–Trinajstić information content (AvgIpc) is 2.90. The molecule has 0 saturated carbocycles. The molecule has 0 bridgehead atoms. The molecule has 1 aliphatic heterocycles. The van der Waals surface area contributed by atoms with Crippen molar-refractivity contribution in [2.45, 2.75) is 20.8 Å². The molecule has 0 aliphatic carbocycles. The number of ether oxygens (including phenoxy) is 2. The highest BCUT2D eigenvalue weighted by Crippen LogP contribution is 2.25. The van der Waals surface area contributed by atoms with Crippen LogP contribution in [0.5, 0.6) is 5.75 Å². The van der Waals surface area contributed by atoms with Gasteiger partial charge in [0.1, 0.15) is 12.4 Å². The fraction of sp³-hybridized carbons (Fsp3) is 0.286. The van der Waals surface area contributed by atoms with E-state index in [0.717, 1.165) is 21.6 Å². The molecule has 0 atom stereocenters. The smallest absolute Gasteiger partial charge is 0.344 e. The van der Waals surface area contributed by atoms with Crippen LogP contribution in [0, 0.1) is 20.8 Å². The number of aryl methyl sites for hydroxylation is 2. The Kier molecular flexibility index (Phi) is 5.26. The Bertz CT molecular complexity index is 884. The van der Waals surface area contributed by atoms with Gasteiger partial charge in [0, 0.05) is 0 Å². The van der Waals surface area contributed by atoms with E-state index in [1.807, 2.05) is 32.9 Å². The Morgan fingerprint density at radius 2 is 1.52 bits per heavy atom.